The molecule has 0 radical (unpaired) electrons. The molecule has 0 spiro atoms. The molecular formula is C18H20BrNO3. The van der Waals surface area contributed by atoms with E-state index in [9.17, 15) is 14.7 Å². The zero-order valence-electron chi connectivity index (χ0n) is 13.1. The minimum absolute atomic E-state index is 0.217. The molecule has 1 atom stereocenters. The van der Waals surface area contributed by atoms with Crippen molar-refractivity contribution in [3.8, 4) is 0 Å². The van der Waals surface area contributed by atoms with Crippen molar-refractivity contribution >= 4 is 33.3 Å². The first-order valence-corrected chi connectivity index (χ1v) is 8.83. The molecule has 0 saturated heterocycles. The van der Waals surface area contributed by atoms with Crippen LogP contribution in [0, 0.1) is 5.92 Å². The third kappa shape index (κ3) is 2.94. The molecule has 2 aliphatic rings. The number of hydrogen-bond acceptors (Lipinski definition) is 3. The predicted molar refractivity (Wildman–Crippen MR) is 92.3 cm³/mol. The number of Topliss-reactive ketones (excluding diaryl/α,β-unsaturated/α-hetero) is 1. The smallest absolute Gasteiger partial charge is 0.294 e. The number of carbonyl (C=O) groups excluding carboxylic acids is 2. The number of ketones is 1. The van der Waals surface area contributed by atoms with Crippen LogP contribution in [0.15, 0.2) is 40.1 Å². The molecule has 0 aromatic heterocycles. The van der Waals surface area contributed by atoms with Gasteiger partial charge in [0, 0.05) is 10.2 Å². The number of aliphatic hydroxyl groups is 1. The lowest BCUT2D eigenvalue weighted by Gasteiger charge is -2.35. The zero-order valence-corrected chi connectivity index (χ0v) is 14.7. The molecule has 1 aliphatic heterocycles. The minimum atomic E-state index is -0.465. The van der Waals surface area contributed by atoms with Crippen LogP contribution < -0.4 is 4.90 Å². The van der Waals surface area contributed by atoms with Gasteiger partial charge in [-0.2, -0.15) is 0 Å². The fourth-order valence-electron chi connectivity index (χ4n) is 3.78. The van der Waals surface area contributed by atoms with Crippen LogP contribution in [0.4, 0.5) is 5.69 Å². The monoisotopic (exact) mass is 377 g/mol. The predicted octanol–water partition coefficient (Wildman–Crippen LogP) is 4.15. The Morgan fingerprint density at radius 2 is 1.78 bits per heavy atom. The van der Waals surface area contributed by atoms with Crippen LogP contribution in [0.3, 0.4) is 0 Å². The Morgan fingerprint density at radius 3 is 2.35 bits per heavy atom. The summed E-state index contributed by atoms with van der Waals surface area (Å²) in [5, 5.41) is 10.3. The van der Waals surface area contributed by atoms with E-state index >= 15 is 0 Å². The Hall–Kier alpha value is -1.62. The summed E-state index contributed by atoms with van der Waals surface area (Å²) in [5.41, 5.74) is 1.00. The molecule has 4 nitrogen and oxygen atoms in total. The second-order valence-electron chi connectivity index (χ2n) is 6.31. The van der Waals surface area contributed by atoms with E-state index in [1.54, 1.807) is 4.90 Å². The molecule has 1 amide bonds. The third-order valence-corrected chi connectivity index (χ3v) is 5.36. The molecule has 122 valence electrons. The molecule has 1 saturated carbocycles. The van der Waals surface area contributed by atoms with Crippen molar-refractivity contribution in [1.29, 1.82) is 0 Å². The number of rotatable bonds is 3. The van der Waals surface area contributed by atoms with Crippen molar-refractivity contribution in [1.82, 2.24) is 0 Å². The average molecular weight is 378 g/mol. The van der Waals surface area contributed by atoms with Crippen molar-refractivity contribution in [2.45, 2.75) is 45.1 Å². The van der Waals surface area contributed by atoms with Gasteiger partial charge in [0.1, 0.15) is 0 Å². The molecule has 23 heavy (non-hydrogen) atoms. The quantitative estimate of drug-likeness (QED) is 0.860. The average Bonchev–Trinajstić information content (AvgIpc) is 2.81. The van der Waals surface area contributed by atoms with Gasteiger partial charge in [0.25, 0.3) is 5.91 Å². The highest BCUT2D eigenvalue weighted by Crippen LogP contribution is 2.40. The van der Waals surface area contributed by atoms with Crippen molar-refractivity contribution < 1.29 is 14.7 Å². The van der Waals surface area contributed by atoms with Gasteiger partial charge < -0.3 is 5.11 Å². The van der Waals surface area contributed by atoms with Gasteiger partial charge in [-0.15, -0.1) is 0 Å². The summed E-state index contributed by atoms with van der Waals surface area (Å²) in [6.07, 6.45) is 5.37. The van der Waals surface area contributed by atoms with Crippen molar-refractivity contribution in [3.05, 3.63) is 40.1 Å². The summed E-state index contributed by atoms with van der Waals surface area (Å²) in [6.45, 7) is 1.43. The van der Waals surface area contributed by atoms with Gasteiger partial charge in [0.2, 0.25) is 0 Å². The van der Waals surface area contributed by atoms with Crippen LogP contribution in [0.5, 0.6) is 0 Å². The SMILES string of the molecule is CC(=O)C1=C(O)C(=O)N(c2ccc(Br)cc2)C1C1CCCCC1. The summed E-state index contributed by atoms with van der Waals surface area (Å²) in [7, 11) is 0. The highest BCUT2D eigenvalue weighted by Gasteiger charge is 2.46. The number of anilines is 1. The first kappa shape index (κ1) is 16.2. The van der Waals surface area contributed by atoms with Gasteiger partial charge in [-0.05, 0) is 49.9 Å². The Kier molecular flexibility index (Phi) is 4.57. The lowest BCUT2D eigenvalue weighted by Crippen LogP contribution is -2.42. The van der Waals surface area contributed by atoms with Crippen LogP contribution in [-0.4, -0.2) is 22.8 Å². The number of hydrogen-bond donors (Lipinski definition) is 1. The first-order valence-electron chi connectivity index (χ1n) is 8.04. The number of carbonyl (C=O) groups is 2. The topological polar surface area (TPSA) is 57.6 Å². The zero-order chi connectivity index (χ0) is 16.6. The van der Waals surface area contributed by atoms with E-state index in [0.29, 0.717) is 0 Å². The maximum absolute atomic E-state index is 12.6. The van der Waals surface area contributed by atoms with Crippen molar-refractivity contribution in [3.63, 3.8) is 0 Å². The fourth-order valence-corrected chi connectivity index (χ4v) is 4.04. The normalized spacial score (nSPS) is 22.8. The molecule has 0 bridgehead atoms. The molecule has 1 aliphatic carbocycles. The van der Waals surface area contributed by atoms with Crippen LogP contribution in [-0.2, 0) is 9.59 Å². The number of aliphatic hydroxyl groups excluding tert-OH is 1. The number of halogens is 1. The van der Waals surface area contributed by atoms with E-state index in [1.165, 1.54) is 13.3 Å². The molecule has 1 aromatic rings. The van der Waals surface area contributed by atoms with Crippen LogP contribution in [0.25, 0.3) is 0 Å². The second-order valence-corrected chi connectivity index (χ2v) is 7.23. The first-order chi connectivity index (χ1) is 11.0. The second kappa shape index (κ2) is 6.48. The highest BCUT2D eigenvalue weighted by atomic mass is 79.9. The molecule has 1 N–H and O–H groups in total. The van der Waals surface area contributed by atoms with Gasteiger partial charge in [0.05, 0.1) is 11.6 Å². The standard InChI is InChI=1S/C18H20BrNO3/c1-11(21)15-16(12-5-3-2-4-6-12)20(18(23)17(15)22)14-9-7-13(19)8-10-14/h7-10,12,16,22H,2-6H2,1H3. The Balaban J connectivity index is 2.04. The number of benzene rings is 1. The molecule has 1 aromatic carbocycles. The molecule has 3 rings (SSSR count). The van der Waals surface area contributed by atoms with E-state index in [2.05, 4.69) is 15.9 Å². The van der Waals surface area contributed by atoms with E-state index in [4.69, 9.17) is 0 Å². The van der Waals surface area contributed by atoms with E-state index < -0.39 is 5.91 Å². The lowest BCUT2D eigenvalue weighted by atomic mass is 9.80. The summed E-state index contributed by atoms with van der Waals surface area (Å²) >= 11 is 3.39. The van der Waals surface area contributed by atoms with Gasteiger partial charge in [-0.25, -0.2) is 0 Å². The molecule has 1 heterocycles. The molecule has 1 fully saturated rings. The van der Waals surface area contributed by atoms with Gasteiger partial charge in [-0.1, -0.05) is 35.2 Å². The molecular weight excluding hydrogens is 358 g/mol. The third-order valence-electron chi connectivity index (χ3n) is 4.83. The Bertz CT molecular complexity index is 659. The van der Waals surface area contributed by atoms with Gasteiger partial charge in [-0.3, -0.25) is 14.5 Å². The fraction of sp³-hybridized carbons (Fsp3) is 0.444. The van der Waals surface area contributed by atoms with E-state index in [-0.39, 0.29) is 29.1 Å². The van der Waals surface area contributed by atoms with Gasteiger partial charge in [0.15, 0.2) is 11.5 Å². The van der Waals surface area contributed by atoms with Crippen LogP contribution in [0.2, 0.25) is 0 Å². The highest BCUT2D eigenvalue weighted by molar-refractivity contribution is 9.10. The van der Waals surface area contributed by atoms with Crippen molar-refractivity contribution in [2.24, 2.45) is 5.92 Å². The van der Waals surface area contributed by atoms with Crippen molar-refractivity contribution in [2.75, 3.05) is 4.90 Å². The summed E-state index contributed by atoms with van der Waals surface area (Å²) in [4.78, 5) is 26.3. The summed E-state index contributed by atoms with van der Waals surface area (Å²) < 4.78 is 0.922. The van der Waals surface area contributed by atoms with E-state index in [1.807, 2.05) is 24.3 Å². The Morgan fingerprint density at radius 1 is 1.17 bits per heavy atom. The van der Waals surface area contributed by atoms with Crippen LogP contribution >= 0.6 is 15.9 Å². The van der Waals surface area contributed by atoms with Crippen LogP contribution in [0.1, 0.15) is 39.0 Å². The summed E-state index contributed by atoms with van der Waals surface area (Å²) in [6, 6.07) is 7.07. The molecule has 5 heteroatoms. The van der Waals surface area contributed by atoms with E-state index in [0.717, 1.165) is 35.8 Å². The number of nitrogens with zero attached hydrogens (tertiary/aromatic N) is 1. The Labute approximate surface area is 144 Å². The van der Waals surface area contributed by atoms with Gasteiger partial charge >= 0.3 is 0 Å². The largest absolute Gasteiger partial charge is 0.503 e. The number of amides is 1. The molecule has 1 unspecified atom stereocenters. The summed E-state index contributed by atoms with van der Waals surface area (Å²) in [5.74, 6) is -0.838. The lowest BCUT2D eigenvalue weighted by molar-refractivity contribution is -0.117. The minimum Gasteiger partial charge on any atom is -0.503 e. The maximum atomic E-state index is 12.6. The maximum Gasteiger partial charge on any atom is 0.294 e.